The largest absolute Gasteiger partial charge is 0.399 e. The summed E-state index contributed by atoms with van der Waals surface area (Å²) < 4.78 is 13.2. The third-order valence-electron chi connectivity index (χ3n) is 3.74. The van der Waals surface area contributed by atoms with Gasteiger partial charge in [0.15, 0.2) is 0 Å². The Hall–Kier alpha value is -2.36. The van der Waals surface area contributed by atoms with Gasteiger partial charge in [0, 0.05) is 18.8 Å². The molecule has 0 heterocycles. The molecule has 0 atom stereocenters. The van der Waals surface area contributed by atoms with Gasteiger partial charge in [0.2, 0.25) is 5.91 Å². The van der Waals surface area contributed by atoms with Crippen molar-refractivity contribution < 1.29 is 9.18 Å². The highest BCUT2D eigenvalue weighted by Crippen LogP contribution is 2.10. The van der Waals surface area contributed by atoms with Crippen molar-refractivity contribution in [2.75, 3.05) is 18.8 Å². The van der Waals surface area contributed by atoms with Gasteiger partial charge in [-0.1, -0.05) is 31.2 Å². The molecule has 0 saturated heterocycles. The van der Waals surface area contributed by atoms with Crippen molar-refractivity contribution in [3.05, 3.63) is 65.5 Å². The number of anilines is 1. The number of carbonyl (C=O) groups is 1. The van der Waals surface area contributed by atoms with Gasteiger partial charge in [-0.25, -0.2) is 4.39 Å². The number of rotatable bonds is 7. The molecule has 0 aliphatic heterocycles. The third kappa shape index (κ3) is 5.40. The van der Waals surface area contributed by atoms with Crippen LogP contribution >= 0.6 is 0 Å². The SMILES string of the molecule is CCCN(CCc1cccc(F)c1)C(=O)Cc1ccc(N)cc1. The molecule has 0 bridgehead atoms. The van der Waals surface area contributed by atoms with Crippen LogP contribution in [0.1, 0.15) is 24.5 Å². The highest BCUT2D eigenvalue weighted by atomic mass is 19.1. The highest BCUT2D eigenvalue weighted by Gasteiger charge is 2.13. The van der Waals surface area contributed by atoms with Crippen molar-refractivity contribution in [2.24, 2.45) is 0 Å². The number of amides is 1. The molecule has 23 heavy (non-hydrogen) atoms. The Morgan fingerprint density at radius 1 is 1.09 bits per heavy atom. The van der Waals surface area contributed by atoms with E-state index in [2.05, 4.69) is 0 Å². The smallest absolute Gasteiger partial charge is 0.226 e. The molecular weight excluding hydrogens is 291 g/mol. The third-order valence-corrected chi connectivity index (χ3v) is 3.74. The minimum absolute atomic E-state index is 0.0908. The summed E-state index contributed by atoms with van der Waals surface area (Å²) in [7, 11) is 0. The van der Waals surface area contributed by atoms with Crippen LogP contribution in [-0.4, -0.2) is 23.9 Å². The lowest BCUT2D eigenvalue weighted by molar-refractivity contribution is -0.130. The Kier molecular flexibility index (Phi) is 6.15. The van der Waals surface area contributed by atoms with Gasteiger partial charge in [0.1, 0.15) is 5.82 Å². The average Bonchev–Trinajstić information content (AvgIpc) is 2.53. The van der Waals surface area contributed by atoms with Crippen molar-refractivity contribution in [1.82, 2.24) is 4.90 Å². The number of nitrogen functional groups attached to an aromatic ring is 1. The Morgan fingerprint density at radius 3 is 2.48 bits per heavy atom. The summed E-state index contributed by atoms with van der Waals surface area (Å²) in [6.45, 7) is 3.36. The van der Waals surface area contributed by atoms with Gasteiger partial charge in [-0.2, -0.15) is 0 Å². The molecule has 0 aliphatic carbocycles. The number of halogens is 1. The van der Waals surface area contributed by atoms with E-state index in [1.54, 1.807) is 18.2 Å². The summed E-state index contributed by atoms with van der Waals surface area (Å²) in [6.07, 6.45) is 1.92. The van der Waals surface area contributed by atoms with E-state index in [1.807, 2.05) is 30.0 Å². The standard InChI is InChI=1S/C19H23FN2O/c1-2-11-22(12-10-15-4-3-5-17(20)13-15)19(23)14-16-6-8-18(21)9-7-16/h3-9,13H,2,10-12,14,21H2,1H3. The van der Waals surface area contributed by atoms with E-state index in [4.69, 9.17) is 5.73 Å². The fourth-order valence-electron chi connectivity index (χ4n) is 2.51. The minimum Gasteiger partial charge on any atom is -0.399 e. The van der Waals surface area contributed by atoms with E-state index in [9.17, 15) is 9.18 Å². The first kappa shape index (κ1) is 17.0. The van der Waals surface area contributed by atoms with Crippen LogP contribution in [0.5, 0.6) is 0 Å². The second-order valence-corrected chi connectivity index (χ2v) is 5.68. The molecule has 3 nitrogen and oxygen atoms in total. The van der Waals surface area contributed by atoms with Gasteiger partial charge in [0.25, 0.3) is 0 Å². The minimum atomic E-state index is -0.238. The molecule has 0 fully saturated rings. The second-order valence-electron chi connectivity index (χ2n) is 5.68. The van der Waals surface area contributed by atoms with E-state index in [0.717, 1.165) is 17.5 Å². The average molecular weight is 314 g/mol. The van der Waals surface area contributed by atoms with Crippen LogP contribution in [0.3, 0.4) is 0 Å². The Labute approximate surface area is 136 Å². The van der Waals surface area contributed by atoms with Crippen LogP contribution in [0.15, 0.2) is 48.5 Å². The van der Waals surface area contributed by atoms with Gasteiger partial charge < -0.3 is 10.6 Å². The monoisotopic (exact) mass is 314 g/mol. The number of nitrogens with two attached hydrogens (primary N) is 1. The van der Waals surface area contributed by atoms with Gasteiger partial charge in [-0.15, -0.1) is 0 Å². The van der Waals surface area contributed by atoms with Gasteiger partial charge in [-0.05, 0) is 48.2 Å². The summed E-state index contributed by atoms with van der Waals surface area (Å²) in [6, 6.07) is 13.9. The topological polar surface area (TPSA) is 46.3 Å². The molecule has 0 aromatic heterocycles. The molecule has 2 aromatic carbocycles. The maximum absolute atomic E-state index is 13.2. The molecule has 2 N–H and O–H groups in total. The predicted molar refractivity (Wildman–Crippen MR) is 91.5 cm³/mol. The molecular formula is C19H23FN2O. The maximum atomic E-state index is 13.2. The van der Waals surface area contributed by atoms with Gasteiger partial charge >= 0.3 is 0 Å². The molecule has 1 amide bonds. The maximum Gasteiger partial charge on any atom is 0.226 e. The van der Waals surface area contributed by atoms with Crippen molar-refractivity contribution in [1.29, 1.82) is 0 Å². The molecule has 0 spiro atoms. The summed E-state index contributed by atoms with van der Waals surface area (Å²) >= 11 is 0. The zero-order valence-corrected chi connectivity index (χ0v) is 13.5. The lowest BCUT2D eigenvalue weighted by atomic mass is 10.1. The van der Waals surface area contributed by atoms with E-state index in [1.165, 1.54) is 12.1 Å². The molecule has 2 rings (SSSR count). The fourth-order valence-corrected chi connectivity index (χ4v) is 2.51. The Balaban J connectivity index is 1.96. The molecule has 0 saturated carbocycles. The number of hydrogen-bond donors (Lipinski definition) is 1. The van der Waals surface area contributed by atoms with E-state index < -0.39 is 0 Å². The molecule has 122 valence electrons. The number of carbonyl (C=O) groups excluding carboxylic acids is 1. The molecule has 4 heteroatoms. The fraction of sp³-hybridized carbons (Fsp3) is 0.316. The highest BCUT2D eigenvalue weighted by molar-refractivity contribution is 5.78. The summed E-state index contributed by atoms with van der Waals surface area (Å²) in [5.41, 5.74) is 8.22. The van der Waals surface area contributed by atoms with Crippen LogP contribution < -0.4 is 5.73 Å². The first-order chi connectivity index (χ1) is 11.1. The Morgan fingerprint density at radius 2 is 1.83 bits per heavy atom. The van der Waals surface area contributed by atoms with Crippen molar-refractivity contribution in [3.8, 4) is 0 Å². The zero-order chi connectivity index (χ0) is 16.7. The number of hydrogen-bond acceptors (Lipinski definition) is 2. The first-order valence-corrected chi connectivity index (χ1v) is 7.95. The molecule has 0 unspecified atom stereocenters. The summed E-state index contributed by atoms with van der Waals surface area (Å²) in [4.78, 5) is 14.3. The van der Waals surface area contributed by atoms with Gasteiger partial charge in [0.05, 0.1) is 6.42 Å². The molecule has 0 aliphatic rings. The van der Waals surface area contributed by atoms with Crippen molar-refractivity contribution >= 4 is 11.6 Å². The van der Waals surface area contributed by atoms with Crippen molar-refractivity contribution in [3.63, 3.8) is 0 Å². The first-order valence-electron chi connectivity index (χ1n) is 7.95. The molecule has 0 radical (unpaired) electrons. The number of nitrogens with zero attached hydrogens (tertiary/aromatic N) is 1. The predicted octanol–water partition coefficient (Wildman–Crippen LogP) is 3.43. The van der Waals surface area contributed by atoms with Crippen LogP contribution in [-0.2, 0) is 17.6 Å². The normalized spacial score (nSPS) is 10.5. The zero-order valence-electron chi connectivity index (χ0n) is 13.5. The van der Waals surface area contributed by atoms with E-state index in [0.29, 0.717) is 31.6 Å². The van der Waals surface area contributed by atoms with Crippen LogP contribution in [0.4, 0.5) is 10.1 Å². The van der Waals surface area contributed by atoms with Gasteiger partial charge in [-0.3, -0.25) is 4.79 Å². The quantitative estimate of drug-likeness (QED) is 0.796. The molecule has 2 aromatic rings. The van der Waals surface area contributed by atoms with Crippen molar-refractivity contribution in [2.45, 2.75) is 26.2 Å². The van der Waals surface area contributed by atoms with Crippen LogP contribution in [0.2, 0.25) is 0 Å². The number of benzene rings is 2. The van der Waals surface area contributed by atoms with E-state index in [-0.39, 0.29) is 11.7 Å². The second kappa shape index (κ2) is 8.32. The van der Waals surface area contributed by atoms with Crippen LogP contribution in [0.25, 0.3) is 0 Å². The van der Waals surface area contributed by atoms with E-state index >= 15 is 0 Å². The van der Waals surface area contributed by atoms with Crippen LogP contribution in [0, 0.1) is 5.82 Å². The summed E-state index contributed by atoms with van der Waals surface area (Å²) in [5.74, 6) is -0.147. The lowest BCUT2D eigenvalue weighted by Gasteiger charge is -2.22. The lowest BCUT2D eigenvalue weighted by Crippen LogP contribution is -2.34. The Bertz CT molecular complexity index is 640. The summed E-state index contributed by atoms with van der Waals surface area (Å²) in [5, 5.41) is 0.